The van der Waals surface area contributed by atoms with Crippen LogP contribution in [0, 0.1) is 6.92 Å². The molecular weight excluding hydrogens is 278 g/mol. The van der Waals surface area contributed by atoms with E-state index in [1.165, 1.54) is 6.07 Å². The summed E-state index contributed by atoms with van der Waals surface area (Å²) in [6, 6.07) is 1.38. The van der Waals surface area contributed by atoms with Crippen LogP contribution in [-0.2, 0) is 14.9 Å². The summed E-state index contributed by atoms with van der Waals surface area (Å²) < 4.78 is 25.4. The van der Waals surface area contributed by atoms with E-state index in [2.05, 4.69) is 0 Å². The van der Waals surface area contributed by atoms with E-state index < -0.39 is 16.0 Å². The Balaban J connectivity index is 2.35. The van der Waals surface area contributed by atoms with Gasteiger partial charge in [-0.15, -0.1) is 11.3 Å². The van der Waals surface area contributed by atoms with Gasteiger partial charge in [0.25, 0.3) is 10.0 Å². The smallest absolute Gasteiger partial charge is 0.346 e. The van der Waals surface area contributed by atoms with E-state index in [0.717, 1.165) is 28.6 Å². The van der Waals surface area contributed by atoms with Crippen molar-refractivity contribution in [3.8, 4) is 0 Å². The lowest BCUT2D eigenvalue weighted by atomic mass is 10.3. The van der Waals surface area contributed by atoms with Gasteiger partial charge in [-0.25, -0.2) is 13.2 Å². The number of hydrogen-bond donors (Lipinski definition) is 1. The highest BCUT2D eigenvalue weighted by molar-refractivity contribution is 7.91. The molecule has 1 aromatic rings. The van der Waals surface area contributed by atoms with Crippen LogP contribution in [0.1, 0.15) is 28.1 Å². The zero-order valence-corrected chi connectivity index (χ0v) is 11.4. The summed E-state index contributed by atoms with van der Waals surface area (Å²) in [7, 11) is -3.73. The maximum atomic E-state index is 12.2. The minimum absolute atomic E-state index is 0.0132. The number of hydroxylamine groups is 1. The predicted molar refractivity (Wildman–Crippen MR) is 65.1 cm³/mol. The fourth-order valence-corrected chi connectivity index (χ4v) is 4.43. The van der Waals surface area contributed by atoms with Crippen molar-refractivity contribution in [1.29, 1.82) is 0 Å². The molecule has 0 bridgehead atoms. The molecule has 100 valence electrons. The van der Waals surface area contributed by atoms with Crippen molar-refractivity contribution in [2.75, 3.05) is 13.2 Å². The summed E-state index contributed by atoms with van der Waals surface area (Å²) in [4.78, 5) is 16.1. The van der Waals surface area contributed by atoms with E-state index >= 15 is 0 Å². The third-order valence-electron chi connectivity index (χ3n) is 2.58. The number of sulfonamides is 1. The van der Waals surface area contributed by atoms with E-state index in [4.69, 9.17) is 9.94 Å². The first-order chi connectivity index (χ1) is 8.43. The SMILES string of the molecule is Cc1cc(S(=O)(=O)N2CCCCO2)sc1C(=O)O. The first-order valence-electron chi connectivity index (χ1n) is 5.42. The molecule has 1 saturated heterocycles. The van der Waals surface area contributed by atoms with Crippen molar-refractivity contribution >= 4 is 27.3 Å². The van der Waals surface area contributed by atoms with Gasteiger partial charge in [-0.2, -0.15) is 0 Å². The number of nitrogens with zero attached hydrogens (tertiary/aromatic N) is 1. The average Bonchev–Trinajstić information content (AvgIpc) is 2.73. The Morgan fingerprint density at radius 2 is 2.22 bits per heavy atom. The average molecular weight is 291 g/mol. The third-order valence-corrected chi connectivity index (χ3v) is 5.93. The van der Waals surface area contributed by atoms with Crippen molar-refractivity contribution in [2.24, 2.45) is 0 Å². The van der Waals surface area contributed by atoms with Crippen molar-refractivity contribution in [2.45, 2.75) is 24.0 Å². The number of hydrogen-bond acceptors (Lipinski definition) is 5. The molecule has 0 amide bonds. The van der Waals surface area contributed by atoms with Gasteiger partial charge >= 0.3 is 5.97 Å². The Kier molecular flexibility index (Phi) is 3.71. The summed E-state index contributed by atoms with van der Waals surface area (Å²) >= 11 is 0.759. The lowest BCUT2D eigenvalue weighted by Gasteiger charge is -2.24. The van der Waals surface area contributed by atoms with Crippen LogP contribution in [0.2, 0.25) is 0 Å². The zero-order valence-electron chi connectivity index (χ0n) is 9.75. The topological polar surface area (TPSA) is 83.9 Å². The van der Waals surface area contributed by atoms with Crippen LogP contribution < -0.4 is 0 Å². The fourth-order valence-electron chi connectivity index (χ4n) is 1.66. The summed E-state index contributed by atoms with van der Waals surface area (Å²) in [6.07, 6.45) is 1.57. The fraction of sp³-hybridized carbons (Fsp3) is 0.500. The van der Waals surface area contributed by atoms with Gasteiger partial charge < -0.3 is 5.11 Å². The standard InChI is InChI=1S/C10H13NO5S2/c1-7-6-8(17-9(7)10(12)13)18(14,15)11-4-2-3-5-16-11/h6H,2-5H2,1H3,(H,12,13). The van der Waals surface area contributed by atoms with Crippen LogP contribution in [0.25, 0.3) is 0 Å². The number of aromatic carboxylic acids is 1. The highest BCUT2D eigenvalue weighted by Crippen LogP contribution is 2.29. The van der Waals surface area contributed by atoms with Gasteiger partial charge in [-0.05, 0) is 31.4 Å². The Hall–Kier alpha value is -0.960. The molecule has 1 N–H and O–H groups in total. The molecule has 6 nitrogen and oxygen atoms in total. The first-order valence-corrected chi connectivity index (χ1v) is 7.68. The highest BCUT2D eigenvalue weighted by Gasteiger charge is 2.30. The number of rotatable bonds is 3. The van der Waals surface area contributed by atoms with Gasteiger partial charge in [0, 0.05) is 6.54 Å². The molecule has 2 rings (SSSR count). The Bertz CT molecular complexity index is 557. The van der Waals surface area contributed by atoms with Crippen molar-refractivity contribution < 1.29 is 23.2 Å². The largest absolute Gasteiger partial charge is 0.477 e. The second-order valence-corrected chi connectivity index (χ2v) is 7.06. The van der Waals surface area contributed by atoms with Crippen LogP contribution in [0.5, 0.6) is 0 Å². The van der Waals surface area contributed by atoms with Crippen molar-refractivity contribution in [3.05, 3.63) is 16.5 Å². The highest BCUT2D eigenvalue weighted by atomic mass is 32.2. The summed E-state index contributed by atoms with van der Waals surface area (Å²) in [5, 5.41) is 8.93. The zero-order chi connectivity index (χ0) is 13.3. The Morgan fingerprint density at radius 1 is 1.50 bits per heavy atom. The summed E-state index contributed by atoms with van der Waals surface area (Å²) in [6.45, 7) is 2.26. The quantitative estimate of drug-likeness (QED) is 0.911. The van der Waals surface area contributed by atoms with Gasteiger partial charge in [0.1, 0.15) is 9.09 Å². The van der Waals surface area contributed by atoms with Crippen molar-refractivity contribution in [3.63, 3.8) is 0 Å². The minimum Gasteiger partial charge on any atom is -0.477 e. The lowest BCUT2D eigenvalue weighted by molar-refractivity contribution is -0.108. The molecule has 1 aliphatic heterocycles. The summed E-state index contributed by atoms with van der Waals surface area (Å²) in [5.74, 6) is -1.11. The molecule has 0 aromatic carbocycles. The number of thiophene rings is 1. The normalized spacial score (nSPS) is 17.8. The molecule has 1 fully saturated rings. The Morgan fingerprint density at radius 3 is 2.72 bits per heavy atom. The molecule has 1 aliphatic rings. The lowest BCUT2D eigenvalue weighted by Crippen LogP contribution is -2.35. The second kappa shape index (κ2) is 4.96. The maximum Gasteiger partial charge on any atom is 0.346 e. The molecule has 0 aliphatic carbocycles. The maximum absolute atomic E-state index is 12.2. The van der Waals surface area contributed by atoms with Crippen LogP contribution >= 0.6 is 11.3 Å². The second-order valence-electron chi connectivity index (χ2n) is 3.95. The molecule has 8 heteroatoms. The number of aryl methyl sites for hydroxylation is 1. The van der Waals surface area contributed by atoms with Crippen LogP contribution in [0.4, 0.5) is 0 Å². The molecule has 0 saturated carbocycles. The number of carboxylic acids is 1. The first kappa shape index (κ1) is 13.5. The van der Waals surface area contributed by atoms with Crippen LogP contribution in [-0.4, -0.2) is 37.1 Å². The molecule has 18 heavy (non-hydrogen) atoms. The van der Waals surface area contributed by atoms with E-state index in [-0.39, 0.29) is 9.09 Å². The predicted octanol–water partition coefficient (Wildman–Crippen LogP) is 1.47. The van der Waals surface area contributed by atoms with Crippen molar-refractivity contribution in [1.82, 2.24) is 4.47 Å². The van der Waals surface area contributed by atoms with Gasteiger partial charge in [0.05, 0.1) is 6.61 Å². The van der Waals surface area contributed by atoms with Crippen LogP contribution in [0.3, 0.4) is 0 Å². The molecule has 0 atom stereocenters. The molecule has 0 radical (unpaired) electrons. The van der Waals surface area contributed by atoms with Crippen LogP contribution in [0.15, 0.2) is 10.3 Å². The van der Waals surface area contributed by atoms with E-state index in [9.17, 15) is 13.2 Å². The third kappa shape index (κ3) is 2.41. The monoisotopic (exact) mass is 291 g/mol. The summed E-state index contributed by atoms with van der Waals surface area (Å²) in [5.41, 5.74) is 0.447. The molecule has 0 spiro atoms. The molecule has 1 aromatic heterocycles. The molecule has 0 unspecified atom stereocenters. The van der Waals surface area contributed by atoms with Gasteiger partial charge in [0.2, 0.25) is 0 Å². The molecular formula is C10H13NO5S2. The number of carboxylic acid groups (broad SMARTS) is 1. The van der Waals surface area contributed by atoms with E-state index in [1.54, 1.807) is 6.92 Å². The van der Waals surface area contributed by atoms with Gasteiger partial charge in [-0.1, -0.05) is 4.47 Å². The van der Waals surface area contributed by atoms with Gasteiger partial charge in [-0.3, -0.25) is 4.84 Å². The molecule has 2 heterocycles. The number of carbonyl (C=O) groups is 1. The Labute approximate surface area is 109 Å². The van der Waals surface area contributed by atoms with E-state index in [1.807, 2.05) is 0 Å². The minimum atomic E-state index is -3.73. The van der Waals surface area contributed by atoms with Gasteiger partial charge in [0.15, 0.2) is 0 Å². The van der Waals surface area contributed by atoms with E-state index in [0.29, 0.717) is 18.7 Å².